The molecule has 0 saturated heterocycles. The number of anilines is 1. The number of halogens is 1. The maximum atomic E-state index is 15.1. The quantitative estimate of drug-likeness (QED) is 0.564. The lowest BCUT2D eigenvalue weighted by Gasteiger charge is -2.22. The summed E-state index contributed by atoms with van der Waals surface area (Å²) in [6, 6.07) is 18.3. The molecule has 0 radical (unpaired) electrons. The summed E-state index contributed by atoms with van der Waals surface area (Å²) in [5.74, 6) is 0.601. The molecule has 2 aromatic carbocycles. The van der Waals surface area contributed by atoms with Crippen LogP contribution in [0, 0.1) is 5.82 Å². The van der Waals surface area contributed by atoms with Gasteiger partial charge in [0, 0.05) is 50.9 Å². The molecule has 0 bridgehead atoms. The van der Waals surface area contributed by atoms with Crippen LogP contribution in [0.3, 0.4) is 0 Å². The maximum absolute atomic E-state index is 15.1. The zero-order chi connectivity index (χ0) is 23.2. The molecule has 1 aliphatic rings. The minimum atomic E-state index is -0.385. The van der Waals surface area contributed by atoms with Crippen molar-refractivity contribution < 1.29 is 13.9 Å². The van der Waals surface area contributed by atoms with Crippen LogP contribution in [-0.4, -0.2) is 49.5 Å². The Morgan fingerprint density at radius 1 is 1.12 bits per heavy atom. The fraction of sp³-hybridized carbons (Fsp3) is 0.308. The summed E-state index contributed by atoms with van der Waals surface area (Å²) in [5.41, 5.74) is 2.04. The van der Waals surface area contributed by atoms with E-state index in [4.69, 9.17) is 4.74 Å². The van der Waals surface area contributed by atoms with E-state index in [9.17, 15) is 4.79 Å². The number of hydrogen-bond donors (Lipinski definition) is 1. The summed E-state index contributed by atoms with van der Waals surface area (Å²) in [4.78, 5) is 21.0. The summed E-state index contributed by atoms with van der Waals surface area (Å²) in [6.07, 6.45) is 2.25. The van der Waals surface area contributed by atoms with Gasteiger partial charge in [-0.05, 0) is 37.4 Å². The zero-order valence-electron chi connectivity index (χ0n) is 19.0. The number of benzene rings is 2. The number of pyridine rings is 1. The van der Waals surface area contributed by atoms with Gasteiger partial charge in [-0.25, -0.2) is 9.37 Å². The lowest BCUT2D eigenvalue weighted by Crippen LogP contribution is -2.33. The number of nitrogens with zero attached hydrogens (tertiary/aromatic N) is 3. The molecule has 6 nitrogen and oxygen atoms in total. The van der Waals surface area contributed by atoms with Gasteiger partial charge in [0.25, 0.3) is 5.91 Å². The van der Waals surface area contributed by atoms with Crippen molar-refractivity contribution in [2.45, 2.75) is 19.1 Å². The summed E-state index contributed by atoms with van der Waals surface area (Å²) >= 11 is 0. The summed E-state index contributed by atoms with van der Waals surface area (Å²) in [6.45, 7) is 2.09. The number of nitrogens with one attached hydrogen (secondary N) is 1. The van der Waals surface area contributed by atoms with Crippen molar-refractivity contribution in [3.8, 4) is 5.75 Å². The third-order valence-electron chi connectivity index (χ3n) is 5.86. The molecule has 0 unspecified atom stereocenters. The number of likely N-dealkylation sites (N-methyl/N-ethyl adjacent to an activating group) is 1. The summed E-state index contributed by atoms with van der Waals surface area (Å²) in [7, 11) is 3.80. The number of carbonyl (C=O) groups is 1. The highest BCUT2D eigenvalue weighted by Crippen LogP contribution is 2.28. The molecule has 0 aliphatic carbocycles. The van der Waals surface area contributed by atoms with Gasteiger partial charge in [0.1, 0.15) is 23.5 Å². The van der Waals surface area contributed by atoms with Crippen molar-refractivity contribution in [1.82, 2.24) is 15.2 Å². The van der Waals surface area contributed by atoms with Crippen LogP contribution in [0.25, 0.3) is 0 Å². The second kappa shape index (κ2) is 10.4. The topological polar surface area (TPSA) is 57.7 Å². The van der Waals surface area contributed by atoms with Crippen molar-refractivity contribution in [2.75, 3.05) is 38.6 Å². The Kier molecular flexibility index (Phi) is 7.19. The van der Waals surface area contributed by atoms with E-state index in [1.54, 1.807) is 35.4 Å². The second-order valence-corrected chi connectivity index (χ2v) is 8.19. The fourth-order valence-electron chi connectivity index (χ4n) is 4.00. The van der Waals surface area contributed by atoms with E-state index in [0.717, 1.165) is 18.5 Å². The molecule has 7 heteroatoms. The van der Waals surface area contributed by atoms with E-state index in [-0.39, 0.29) is 24.4 Å². The molecular formula is C26H29FN4O2. The van der Waals surface area contributed by atoms with Crippen LogP contribution in [0.2, 0.25) is 0 Å². The van der Waals surface area contributed by atoms with E-state index in [0.29, 0.717) is 35.8 Å². The first-order valence-electron chi connectivity index (χ1n) is 11.2. The molecule has 1 aromatic heterocycles. The number of aromatic nitrogens is 1. The smallest absolute Gasteiger partial charge is 0.257 e. The number of rotatable bonds is 8. The summed E-state index contributed by atoms with van der Waals surface area (Å²) in [5, 5.41) is 3.14. The second-order valence-electron chi connectivity index (χ2n) is 8.19. The molecule has 4 rings (SSSR count). The Balaban J connectivity index is 1.50. The lowest BCUT2D eigenvalue weighted by atomic mass is 10.1. The van der Waals surface area contributed by atoms with E-state index < -0.39 is 0 Å². The van der Waals surface area contributed by atoms with Gasteiger partial charge in [-0.15, -0.1) is 0 Å². The first-order valence-corrected chi connectivity index (χ1v) is 11.2. The van der Waals surface area contributed by atoms with Gasteiger partial charge in [0.05, 0.1) is 5.56 Å². The number of ether oxygens (including phenoxy) is 1. The molecule has 0 spiro atoms. The highest BCUT2D eigenvalue weighted by molar-refractivity contribution is 5.99. The molecule has 0 fully saturated rings. The lowest BCUT2D eigenvalue weighted by molar-refractivity contribution is 0.0753. The monoisotopic (exact) mass is 448 g/mol. The highest BCUT2D eigenvalue weighted by Gasteiger charge is 2.26. The van der Waals surface area contributed by atoms with Crippen molar-refractivity contribution in [3.63, 3.8) is 0 Å². The number of fused-ring (bicyclic) bond motifs is 1. The zero-order valence-corrected chi connectivity index (χ0v) is 19.0. The maximum Gasteiger partial charge on any atom is 0.257 e. The van der Waals surface area contributed by atoms with Crippen LogP contribution < -0.4 is 15.0 Å². The Morgan fingerprint density at radius 2 is 1.94 bits per heavy atom. The molecule has 1 aliphatic heterocycles. The first-order chi connectivity index (χ1) is 16.1. The Morgan fingerprint density at radius 3 is 2.70 bits per heavy atom. The molecule has 0 saturated carbocycles. The molecule has 2 heterocycles. The van der Waals surface area contributed by atoms with Crippen molar-refractivity contribution in [3.05, 3.63) is 89.4 Å². The van der Waals surface area contributed by atoms with Crippen LogP contribution in [-0.2, 0) is 6.54 Å². The van der Waals surface area contributed by atoms with Crippen molar-refractivity contribution in [2.24, 2.45) is 0 Å². The first kappa shape index (κ1) is 22.7. The van der Waals surface area contributed by atoms with Gasteiger partial charge < -0.3 is 19.9 Å². The van der Waals surface area contributed by atoms with Crippen LogP contribution in [0.1, 0.15) is 34.0 Å². The predicted molar refractivity (Wildman–Crippen MR) is 127 cm³/mol. The van der Waals surface area contributed by atoms with Gasteiger partial charge in [0.2, 0.25) is 0 Å². The van der Waals surface area contributed by atoms with Crippen LogP contribution >= 0.6 is 0 Å². The normalized spacial score (nSPS) is 14.6. The van der Waals surface area contributed by atoms with Crippen LogP contribution in [0.15, 0.2) is 66.9 Å². The van der Waals surface area contributed by atoms with Gasteiger partial charge in [0.15, 0.2) is 0 Å². The number of hydrogen-bond acceptors (Lipinski definition) is 5. The Labute approximate surface area is 194 Å². The van der Waals surface area contributed by atoms with Gasteiger partial charge in [-0.2, -0.15) is 0 Å². The van der Waals surface area contributed by atoms with E-state index in [1.165, 1.54) is 6.07 Å². The fourth-order valence-corrected chi connectivity index (χ4v) is 4.00. The van der Waals surface area contributed by atoms with E-state index >= 15 is 4.39 Å². The molecular weight excluding hydrogens is 419 g/mol. The van der Waals surface area contributed by atoms with Crippen LogP contribution in [0.4, 0.5) is 10.2 Å². The van der Waals surface area contributed by atoms with Gasteiger partial charge >= 0.3 is 0 Å². The number of amides is 1. The molecule has 33 heavy (non-hydrogen) atoms. The van der Waals surface area contributed by atoms with Crippen molar-refractivity contribution in [1.29, 1.82) is 0 Å². The minimum Gasteiger partial charge on any atom is -0.486 e. The van der Waals surface area contributed by atoms with Crippen molar-refractivity contribution >= 4 is 11.7 Å². The molecule has 3 aromatic rings. The average molecular weight is 449 g/mol. The average Bonchev–Trinajstić information content (AvgIpc) is 2.96. The molecule has 1 N–H and O–H groups in total. The van der Waals surface area contributed by atoms with Crippen LogP contribution in [0.5, 0.6) is 5.75 Å². The number of carbonyl (C=O) groups excluding carboxylic acids is 1. The molecule has 1 amide bonds. The molecule has 172 valence electrons. The minimum absolute atomic E-state index is 0.140. The third-order valence-corrected chi connectivity index (χ3v) is 5.86. The van der Waals surface area contributed by atoms with E-state index in [2.05, 4.69) is 10.3 Å². The van der Waals surface area contributed by atoms with Gasteiger partial charge in [-0.3, -0.25) is 4.79 Å². The SMILES string of the molecule is CNCC[C@H](Oc1ccc(CN2CCN(C)c3ncccc3C2=O)c(F)c1)c1ccccc1. The largest absolute Gasteiger partial charge is 0.486 e. The molecule has 1 atom stereocenters. The highest BCUT2D eigenvalue weighted by atomic mass is 19.1. The Hall–Kier alpha value is -3.45. The van der Waals surface area contributed by atoms with E-state index in [1.807, 2.05) is 49.3 Å². The predicted octanol–water partition coefficient (Wildman–Crippen LogP) is 4.04. The van der Waals surface area contributed by atoms with Gasteiger partial charge in [-0.1, -0.05) is 36.4 Å². The Bertz CT molecular complexity index is 1090. The summed E-state index contributed by atoms with van der Waals surface area (Å²) < 4.78 is 21.2. The third kappa shape index (κ3) is 5.31. The standard InChI is InChI=1S/C26H29FN4O2/c1-28-14-12-24(19-7-4-3-5-8-19)33-21-11-10-20(23(27)17-21)18-31-16-15-30(2)25-22(26(31)32)9-6-13-29-25/h3-11,13,17,24,28H,12,14-16,18H2,1-2H3/t24-/m0/s1.